The predicted molar refractivity (Wildman–Crippen MR) is 81.7 cm³/mol. The van der Waals surface area contributed by atoms with Crippen LogP contribution in [0.3, 0.4) is 0 Å². The maximum Gasteiger partial charge on any atom is 0.119 e. The molecule has 3 nitrogen and oxygen atoms in total. The minimum atomic E-state index is 0.243. The van der Waals surface area contributed by atoms with Gasteiger partial charge >= 0.3 is 0 Å². The molecule has 0 spiro atoms. The summed E-state index contributed by atoms with van der Waals surface area (Å²) >= 11 is 0. The molecule has 1 unspecified atom stereocenters. The van der Waals surface area contributed by atoms with Crippen LogP contribution in [0.1, 0.15) is 37.6 Å². The van der Waals surface area contributed by atoms with E-state index in [0.29, 0.717) is 0 Å². The molecule has 2 rings (SSSR count). The molecule has 3 heteroatoms. The predicted octanol–water partition coefficient (Wildman–Crippen LogP) is 3.72. The van der Waals surface area contributed by atoms with Gasteiger partial charge in [-0.1, -0.05) is 25.1 Å². The zero-order valence-corrected chi connectivity index (χ0v) is 12.2. The molecular formula is C17H22N2O. The number of hydrogen-bond donors (Lipinski definition) is 1. The average Bonchev–Trinajstić information content (AvgIpc) is 2.52. The third kappa shape index (κ3) is 4.35. The van der Waals surface area contributed by atoms with E-state index in [-0.39, 0.29) is 6.04 Å². The van der Waals surface area contributed by atoms with Crippen LogP contribution in [-0.4, -0.2) is 11.6 Å². The lowest BCUT2D eigenvalue weighted by Crippen LogP contribution is -2.18. The molecule has 0 aliphatic rings. The Morgan fingerprint density at radius 3 is 2.60 bits per heavy atom. The van der Waals surface area contributed by atoms with E-state index in [9.17, 15) is 0 Å². The lowest BCUT2D eigenvalue weighted by molar-refractivity contribution is 0.317. The molecule has 0 aliphatic heterocycles. The van der Waals surface area contributed by atoms with E-state index in [1.165, 1.54) is 5.56 Å². The van der Waals surface area contributed by atoms with Gasteiger partial charge in [-0.25, -0.2) is 0 Å². The van der Waals surface area contributed by atoms with E-state index in [1.807, 2.05) is 36.5 Å². The number of benzene rings is 1. The number of aromatic nitrogens is 1. The van der Waals surface area contributed by atoms with E-state index >= 15 is 0 Å². The highest BCUT2D eigenvalue weighted by atomic mass is 16.5. The summed E-state index contributed by atoms with van der Waals surface area (Å²) in [7, 11) is 0. The van der Waals surface area contributed by atoms with Gasteiger partial charge in [0.15, 0.2) is 0 Å². The zero-order chi connectivity index (χ0) is 14.2. The molecule has 20 heavy (non-hydrogen) atoms. The van der Waals surface area contributed by atoms with Gasteiger partial charge < -0.3 is 10.1 Å². The van der Waals surface area contributed by atoms with Crippen LogP contribution in [0, 0.1) is 0 Å². The van der Waals surface area contributed by atoms with Crippen LogP contribution in [0.5, 0.6) is 5.75 Å². The molecule has 0 saturated heterocycles. The lowest BCUT2D eigenvalue weighted by atomic mass is 10.1. The Labute approximate surface area is 121 Å². The summed E-state index contributed by atoms with van der Waals surface area (Å²) in [6.45, 7) is 5.83. The minimum Gasteiger partial charge on any atom is -0.494 e. The summed E-state index contributed by atoms with van der Waals surface area (Å²) < 4.78 is 5.57. The van der Waals surface area contributed by atoms with E-state index in [1.54, 1.807) is 0 Å². The average molecular weight is 270 g/mol. The smallest absolute Gasteiger partial charge is 0.119 e. The van der Waals surface area contributed by atoms with Crippen molar-refractivity contribution in [1.29, 1.82) is 0 Å². The van der Waals surface area contributed by atoms with Crippen molar-refractivity contribution in [2.45, 2.75) is 32.9 Å². The third-order valence-electron chi connectivity index (χ3n) is 3.14. The summed E-state index contributed by atoms with van der Waals surface area (Å²) in [5.41, 5.74) is 2.31. The lowest BCUT2D eigenvalue weighted by Gasteiger charge is -2.13. The highest BCUT2D eigenvalue weighted by Gasteiger charge is 2.05. The number of pyridine rings is 1. The molecule has 0 fully saturated rings. The highest BCUT2D eigenvalue weighted by Crippen LogP contribution is 2.14. The van der Waals surface area contributed by atoms with E-state index in [0.717, 1.165) is 31.0 Å². The van der Waals surface area contributed by atoms with Crippen LogP contribution in [0.15, 0.2) is 48.7 Å². The second-order valence-electron chi connectivity index (χ2n) is 4.85. The van der Waals surface area contributed by atoms with Crippen LogP contribution < -0.4 is 10.1 Å². The Hall–Kier alpha value is -1.87. The van der Waals surface area contributed by atoms with Crippen LogP contribution in [0.4, 0.5) is 0 Å². The Bertz CT molecular complexity index is 496. The summed E-state index contributed by atoms with van der Waals surface area (Å²) in [5.74, 6) is 0.938. The fraction of sp³-hybridized carbons (Fsp3) is 0.353. The van der Waals surface area contributed by atoms with Crippen molar-refractivity contribution in [2.24, 2.45) is 0 Å². The molecule has 106 valence electrons. The molecule has 0 saturated carbocycles. The Balaban J connectivity index is 1.84. The summed E-state index contributed by atoms with van der Waals surface area (Å²) in [5, 5.41) is 3.47. The van der Waals surface area contributed by atoms with Crippen molar-refractivity contribution in [2.75, 3.05) is 6.61 Å². The second-order valence-corrected chi connectivity index (χ2v) is 4.85. The van der Waals surface area contributed by atoms with E-state index in [4.69, 9.17) is 4.74 Å². The first-order valence-corrected chi connectivity index (χ1v) is 7.15. The van der Waals surface area contributed by atoms with Crippen molar-refractivity contribution in [3.8, 4) is 5.75 Å². The number of nitrogens with zero attached hydrogens (tertiary/aromatic N) is 1. The summed E-state index contributed by atoms with van der Waals surface area (Å²) in [6.07, 6.45) is 2.86. The van der Waals surface area contributed by atoms with Crippen molar-refractivity contribution < 1.29 is 4.74 Å². The van der Waals surface area contributed by atoms with Gasteiger partial charge in [-0.2, -0.15) is 0 Å². The van der Waals surface area contributed by atoms with Crippen molar-refractivity contribution in [1.82, 2.24) is 10.3 Å². The normalized spacial score (nSPS) is 12.1. The highest BCUT2D eigenvalue weighted by molar-refractivity contribution is 5.27. The molecular weight excluding hydrogens is 248 g/mol. The first-order valence-electron chi connectivity index (χ1n) is 7.15. The van der Waals surface area contributed by atoms with Crippen molar-refractivity contribution in [3.05, 3.63) is 59.9 Å². The second kappa shape index (κ2) is 7.65. The molecule has 0 aliphatic carbocycles. The van der Waals surface area contributed by atoms with Crippen LogP contribution in [0.25, 0.3) is 0 Å². The van der Waals surface area contributed by atoms with Crippen molar-refractivity contribution >= 4 is 0 Å². The standard InChI is InChI=1S/C17H22N2O/c1-3-12-20-16-9-7-15(8-10-16)13-19-14(2)17-6-4-5-11-18-17/h4-11,14,19H,3,12-13H2,1-2H3. The fourth-order valence-corrected chi connectivity index (χ4v) is 1.93. The Morgan fingerprint density at radius 1 is 1.15 bits per heavy atom. The topological polar surface area (TPSA) is 34.1 Å². The molecule has 1 aromatic carbocycles. The summed E-state index contributed by atoms with van der Waals surface area (Å²) in [4.78, 5) is 4.36. The van der Waals surface area contributed by atoms with E-state index < -0.39 is 0 Å². The number of nitrogens with one attached hydrogen (secondary N) is 1. The monoisotopic (exact) mass is 270 g/mol. The largest absolute Gasteiger partial charge is 0.494 e. The molecule has 1 atom stereocenters. The Morgan fingerprint density at radius 2 is 1.95 bits per heavy atom. The maximum atomic E-state index is 5.57. The van der Waals surface area contributed by atoms with Gasteiger partial charge in [-0.05, 0) is 43.2 Å². The first-order chi connectivity index (χ1) is 9.79. The first kappa shape index (κ1) is 14.5. The minimum absolute atomic E-state index is 0.243. The molecule has 1 N–H and O–H groups in total. The zero-order valence-electron chi connectivity index (χ0n) is 12.2. The molecule has 0 radical (unpaired) electrons. The number of hydrogen-bond acceptors (Lipinski definition) is 3. The fourth-order valence-electron chi connectivity index (χ4n) is 1.93. The van der Waals surface area contributed by atoms with Gasteiger partial charge in [0.1, 0.15) is 5.75 Å². The number of rotatable bonds is 7. The van der Waals surface area contributed by atoms with Crippen molar-refractivity contribution in [3.63, 3.8) is 0 Å². The molecule has 0 amide bonds. The van der Waals surface area contributed by atoms with Gasteiger partial charge in [0, 0.05) is 18.8 Å². The van der Waals surface area contributed by atoms with Crippen LogP contribution in [-0.2, 0) is 6.54 Å². The van der Waals surface area contributed by atoms with Crippen LogP contribution in [0.2, 0.25) is 0 Å². The van der Waals surface area contributed by atoms with Gasteiger partial charge in [-0.3, -0.25) is 4.98 Å². The SMILES string of the molecule is CCCOc1ccc(CNC(C)c2ccccn2)cc1. The number of ether oxygens (including phenoxy) is 1. The van der Waals surface area contributed by atoms with Gasteiger partial charge in [0.05, 0.1) is 12.3 Å². The Kier molecular flexibility index (Phi) is 5.56. The van der Waals surface area contributed by atoms with Gasteiger partial charge in [0.2, 0.25) is 0 Å². The third-order valence-corrected chi connectivity index (χ3v) is 3.14. The molecule has 2 aromatic rings. The maximum absolute atomic E-state index is 5.57. The van der Waals surface area contributed by atoms with E-state index in [2.05, 4.69) is 36.3 Å². The summed E-state index contributed by atoms with van der Waals surface area (Å²) in [6, 6.07) is 14.5. The quantitative estimate of drug-likeness (QED) is 0.832. The van der Waals surface area contributed by atoms with Gasteiger partial charge in [0.25, 0.3) is 0 Å². The van der Waals surface area contributed by atoms with Gasteiger partial charge in [-0.15, -0.1) is 0 Å². The molecule has 1 aromatic heterocycles. The molecule has 1 heterocycles. The van der Waals surface area contributed by atoms with Crippen LogP contribution >= 0.6 is 0 Å². The molecule has 0 bridgehead atoms.